The van der Waals surface area contributed by atoms with Gasteiger partial charge in [0.05, 0.1) is 23.4 Å². The van der Waals surface area contributed by atoms with E-state index in [-0.39, 0.29) is 18.6 Å². The summed E-state index contributed by atoms with van der Waals surface area (Å²) in [6.45, 7) is 2.56. The monoisotopic (exact) mass is 398 g/mol. The Morgan fingerprint density at radius 2 is 2.24 bits per heavy atom. The summed E-state index contributed by atoms with van der Waals surface area (Å²) >= 11 is 13.8. The molecule has 0 saturated carbocycles. The highest BCUT2D eigenvalue weighted by Crippen LogP contribution is 2.25. The average Bonchev–Trinajstić information content (AvgIpc) is 3.25. The number of ether oxygens (including phenoxy) is 1. The molecular formula is C18H20Cl2N2O2S. The van der Waals surface area contributed by atoms with E-state index in [1.54, 1.807) is 29.5 Å². The van der Waals surface area contributed by atoms with Crippen LogP contribution < -0.4 is 5.32 Å². The van der Waals surface area contributed by atoms with Crippen molar-refractivity contribution in [1.29, 1.82) is 0 Å². The van der Waals surface area contributed by atoms with Gasteiger partial charge in [0.25, 0.3) is 0 Å². The summed E-state index contributed by atoms with van der Waals surface area (Å²) in [5, 5.41) is 5.91. The van der Waals surface area contributed by atoms with Crippen molar-refractivity contribution >= 4 is 46.1 Å². The van der Waals surface area contributed by atoms with Crippen molar-refractivity contribution in [3.8, 4) is 0 Å². The van der Waals surface area contributed by atoms with Crippen molar-refractivity contribution < 1.29 is 9.53 Å². The van der Waals surface area contributed by atoms with Gasteiger partial charge in [0.2, 0.25) is 5.91 Å². The fourth-order valence-corrected chi connectivity index (χ4v) is 3.95. The normalized spacial score (nSPS) is 17.2. The SMILES string of the molecule is O=C(CN(Cc1cccs1)C[C@H]1CCCO1)Nc1cc(Cl)ccc1Cl. The predicted octanol–water partition coefficient (Wildman–Crippen LogP) is 4.67. The lowest BCUT2D eigenvalue weighted by atomic mass is 10.2. The number of benzene rings is 1. The second kappa shape index (κ2) is 9.01. The summed E-state index contributed by atoms with van der Waals surface area (Å²) in [5.41, 5.74) is 0.535. The number of hydrogen-bond donors (Lipinski definition) is 1. The lowest BCUT2D eigenvalue weighted by molar-refractivity contribution is -0.117. The first-order chi connectivity index (χ1) is 12.1. The minimum absolute atomic E-state index is 0.112. The van der Waals surface area contributed by atoms with Crippen LogP contribution in [0.3, 0.4) is 0 Å². The van der Waals surface area contributed by atoms with E-state index in [4.69, 9.17) is 27.9 Å². The molecule has 1 amide bonds. The van der Waals surface area contributed by atoms with E-state index >= 15 is 0 Å². The molecule has 1 N–H and O–H groups in total. The number of nitrogens with one attached hydrogen (secondary N) is 1. The fraction of sp³-hybridized carbons (Fsp3) is 0.389. The molecule has 0 bridgehead atoms. The molecule has 0 spiro atoms. The number of thiophene rings is 1. The maximum absolute atomic E-state index is 12.5. The van der Waals surface area contributed by atoms with Crippen molar-refractivity contribution in [2.75, 3.05) is 25.0 Å². The molecule has 0 radical (unpaired) electrons. The van der Waals surface area contributed by atoms with E-state index in [9.17, 15) is 4.79 Å². The molecule has 0 aliphatic carbocycles. The van der Waals surface area contributed by atoms with E-state index in [1.807, 2.05) is 11.4 Å². The zero-order chi connectivity index (χ0) is 17.6. The summed E-state index contributed by atoms with van der Waals surface area (Å²) in [6.07, 6.45) is 2.33. The fourth-order valence-electron chi connectivity index (χ4n) is 2.87. The number of hydrogen-bond acceptors (Lipinski definition) is 4. The Kier molecular flexibility index (Phi) is 6.73. The molecule has 4 nitrogen and oxygen atoms in total. The maximum atomic E-state index is 12.5. The molecule has 7 heteroatoms. The quantitative estimate of drug-likeness (QED) is 0.736. The average molecular weight is 399 g/mol. The molecule has 2 aromatic rings. The molecule has 0 unspecified atom stereocenters. The van der Waals surface area contributed by atoms with Crippen LogP contribution in [0, 0.1) is 0 Å². The topological polar surface area (TPSA) is 41.6 Å². The van der Waals surface area contributed by atoms with Crippen molar-refractivity contribution in [2.24, 2.45) is 0 Å². The minimum Gasteiger partial charge on any atom is -0.377 e. The highest BCUT2D eigenvalue weighted by Gasteiger charge is 2.21. The third kappa shape index (κ3) is 5.69. The third-order valence-electron chi connectivity index (χ3n) is 4.02. The molecule has 1 aromatic carbocycles. The van der Waals surface area contributed by atoms with Crippen LogP contribution in [0.15, 0.2) is 35.7 Å². The Labute approximate surface area is 161 Å². The number of carbonyl (C=O) groups excluding carboxylic acids is 1. The van der Waals surface area contributed by atoms with Gasteiger partial charge in [-0.2, -0.15) is 0 Å². The molecule has 1 aromatic heterocycles. The highest BCUT2D eigenvalue weighted by molar-refractivity contribution is 7.09. The zero-order valence-electron chi connectivity index (χ0n) is 13.7. The van der Waals surface area contributed by atoms with Gasteiger partial charge < -0.3 is 10.1 Å². The Morgan fingerprint density at radius 3 is 2.96 bits per heavy atom. The number of carbonyl (C=O) groups is 1. The van der Waals surface area contributed by atoms with Gasteiger partial charge in [-0.25, -0.2) is 0 Å². The largest absolute Gasteiger partial charge is 0.377 e. The summed E-state index contributed by atoms with van der Waals surface area (Å²) < 4.78 is 5.73. The summed E-state index contributed by atoms with van der Waals surface area (Å²) in [4.78, 5) is 15.8. The van der Waals surface area contributed by atoms with E-state index in [0.717, 1.165) is 32.5 Å². The third-order valence-corrected chi connectivity index (χ3v) is 5.44. The van der Waals surface area contributed by atoms with E-state index in [1.165, 1.54) is 4.88 Å². The summed E-state index contributed by atoms with van der Waals surface area (Å²) in [6, 6.07) is 9.13. The van der Waals surface area contributed by atoms with Gasteiger partial charge in [-0.3, -0.25) is 9.69 Å². The van der Waals surface area contributed by atoms with E-state index in [0.29, 0.717) is 15.7 Å². The van der Waals surface area contributed by atoms with Crippen molar-refractivity contribution in [1.82, 2.24) is 4.90 Å². The Hall–Kier alpha value is -1.11. The lowest BCUT2D eigenvalue weighted by Crippen LogP contribution is -2.37. The smallest absolute Gasteiger partial charge is 0.238 e. The van der Waals surface area contributed by atoms with Gasteiger partial charge in [0.1, 0.15) is 0 Å². The number of halogens is 2. The molecule has 1 saturated heterocycles. The first kappa shape index (κ1) is 18.7. The summed E-state index contributed by atoms with van der Waals surface area (Å²) in [7, 11) is 0. The molecule has 25 heavy (non-hydrogen) atoms. The van der Waals surface area contributed by atoms with Crippen LogP contribution in [0.4, 0.5) is 5.69 Å². The van der Waals surface area contributed by atoms with E-state index < -0.39 is 0 Å². The highest BCUT2D eigenvalue weighted by atomic mass is 35.5. The minimum atomic E-state index is -0.112. The van der Waals surface area contributed by atoms with Crippen molar-refractivity contribution in [3.05, 3.63) is 50.6 Å². The van der Waals surface area contributed by atoms with E-state index in [2.05, 4.69) is 16.3 Å². The van der Waals surface area contributed by atoms with Gasteiger partial charge in [-0.15, -0.1) is 11.3 Å². The number of nitrogens with zero attached hydrogens (tertiary/aromatic N) is 1. The van der Waals surface area contributed by atoms with Crippen LogP contribution in [0.25, 0.3) is 0 Å². The first-order valence-corrected chi connectivity index (χ1v) is 9.85. The van der Waals surface area contributed by atoms with Crippen LogP contribution in [0.1, 0.15) is 17.7 Å². The van der Waals surface area contributed by atoms with Crippen molar-refractivity contribution in [3.63, 3.8) is 0 Å². The van der Waals surface area contributed by atoms with Crippen LogP contribution >= 0.6 is 34.5 Å². The lowest BCUT2D eigenvalue weighted by Gasteiger charge is -2.24. The van der Waals surface area contributed by atoms with Crippen molar-refractivity contribution in [2.45, 2.75) is 25.5 Å². The second-order valence-corrected chi connectivity index (χ2v) is 7.93. The molecule has 1 atom stereocenters. The predicted molar refractivity (Wildman–Crippen MR) is 104 cm³/mol. The molecule has 2 heterocycles. The van der Waals surface area contributed by atoms with Gasteiger partial charge in [0.15, 0.2) is 0 Å². The standard InChI is InChI=1S/C18H20Cl2N2O2S/c19-13-5-6-16(20)17(9-13)21-18(23)12-22(10-14-3-1-7-24-14)11-15-4-2-8-25-15/h2,4-6,8-9,14H,1,3,7,10-12H2,(H,21,23)/t14-/m1/s1. The molecule has 1 fully saturated rings. The van der Waals surface area contributed by atoms with Crippen LogP contribution in [0.2, 0.25) is 10.0 Å². The molecule has 1 aliphatic heterocycles. The molecular weight excluding hydrogens is 379 g/mol. The molecule has 134 valence electrons. The number of amides is 1. The Bertz CT molecular complexity index is 703. The first-order valence-electron chi connectivity index (χ1n) is 8.21. The summed E-state index contributed by atoms with van der Waals surface area (Å²) in [5.74, 6) is -0.112. The Morgan fingerprint density at radius 1 is 1.36 bits per heavy atom. The van der Waals surface area contributed by atoms with Crippen LogP contribution in [-0.4, -0.2) is 36.6 Å². The number of anilines is 1. The number of rotatable bonds is 7. The second-order valence-electron chi connectivity index (χ2n) is 6.06. The molecule has 1 aliphatic rings. The van der Waals surface area contributed by atoms with Gasteiger partial charge in [-0.1, -0.05) is 29.3 Å². The zero-order valence-corrected chi connectivity index (χ0v) is 16.0. The van der Waals surface area contributed by atoms with Gasteiger partial charge in [0, 0.05) is 29.6 Å². The Balaban J connectivity index is 1.63. The molecule has 3 rings (SSSR count). The van der Waals surface area contributed by atoms with Gasteiger partial charge in [-0.05, 0) is 42.5 Å². The van der Waals surface area contributed by atoms with Crippen LogP contribution in [-0.2, 0) is 16.1 Å². The maximum Gasteiger partial charge on any atom is 0.238 e. The van der Waals surface area contributed by atoms with Crippen LogP contribution in [0.5, 0.6) is 0 Å². The van der Waals surface area contributed by atoms with Gasteiger partial charge >= 0.3 is 0 Å².